The van der Waals surface area contributed by atoms with Gasteiger partial charge in [-0.15, -0.1) is 0 Å². The predicted molar refractivity (Wildman–Crippen MR) is 90.7 cm³/mol. The average molecular weight is 290 g/mol. The number of nitrogens with one attached hydrogen (secondary N) is 1. The number of nitrogens with two attached hydrogens (primary N) is 1. The van der Waals surface area contributed by atoms with E-state index in [-0.39, 0.29) is 5.91 Å². The molecule has 0 bridgehead atoms. The van der Waals surface area contributed by atoms with Crippen LogP contribution in [0.2, 0.25) is 0 Å². The molecular weight excluding hydrogens is 260 g/mol. The summed E-state index contributed by atoms with van der Waals surface area (Å²) in [6, 6.07) is 5.83. The molecule has 0 spiro atoms. The smallest absolute Gasteiger partial charge is 0.241 e. The van der Waals surface area contributed by atoms with Crippen molar-refractivity contribution in [3.63, 3.8) is 0 Å². The van der Waals surface area contributed by atoms with E-state index in [9.17, 15) is 4.79 Å². The van der Waals surface area contributed by atoms with Gasteiger partial charge < -0.3 is 11.1 Å². The first-order chi connectivity index (χ1) is 9.72. The zero-order valence-electron chi connectivity index (χ0n) is 14.2. The highest BCUT2D eigenvalue weighted by Crippen LogP contribution is 2.28. The minimum Gasteiger partial charge on any atom is -0.324 e. The molecule has 1 atom stereocenters. The molecule has 0 saturated heterocycles. The number of carbonyl (C=O) groups excluding carboxylic acids is 1. The van der Waals surface area contributed by atoms with E-state index >= 15 is 0 Å². The van der Waals surface area contributed by atoms with Crippen LogP contribution in [0.4, 0.5) is 5.69 Å². The quantitative estimate of drug-likeness (QED) is 0.823. The molecule has 0 unspecified atom stereocenters. The molecule has 3 nitrogen and oxygen atoms in total. The zero-order chi connectivity index (χ0) is 16.2. The Hall–Kier alpha value is -1.35. The fourth-order valence-electron chi connectivity index (χ4n) is 2.37. The standard InChI is InChI=1S/C18H30N2O/c1-11(2)9-16(19)18(21)20-17-8-7-14(12(3)4)10-15(17)13(5)6/h7-8,10-13,16H,9,19H2,1-6H3,(H,20,21)/t16-/m0/s1. The summed E-state index contributed by atoms with van der Waals surface area (Å²) in [5.74, 6) is 1.16. The maximum absolute atomic E-state index is 12.2. The van der Waals surface area contributed by atoms with Crippen molar-refractivity contribution >= 4 is 11.6 Å². The number of benzene rings is 1. The van der Waals surface area contributed by atoms with Gasteiger partial charge in [0.05, 0.1) is 6.04 Å². The van der Waals surface area contributed by atoms with Gasteiger partial charge in [0.1, 0.15) is 0 Å². The lowest BCUT2D eigenvalue weighted by atomic mass is 9.94. The van der Waals surface area contributed by atoms with Gasteiger partial charge >= 0.3 is 0 Å². The Morgan fingerprint density at radius 1 is 1.10 bits per heavy atom. The summed E-state index contributed by atoms with van der Waals surface area (Å²) in [4.78, 5) is 12.2. The van der Waals surface area contributed by atoms with Crippen molar-refractivity contribution in [2.75, 3.05) is 5.32 Å². The second-order valence-electron chi connectivity index (χ2n) is 6.88. The topological polar surface area (TPSA) is 55.1 Å². The van der Waals surface area contributed by atoms with Gasteiger partial charge in [0, 0.05) is 5.69 Å². The minimum atomic E-state index is -0.449. The highest BCUT2D eigenvalue weighted by molar-refractivity contribution is 5.95. The van der Waals surface area contributed by atoms with Crippen molar-refractivity contribution < 1.29 is 4.79 Å². The average Bonchev–Trinajstić information content (AvgIpc) is 2.37. The first kappa shape index (κ1) is 17.7. The molecule has 21 heavy (non-hydrogen) atoms. The molecule has 1 aromatic rings. The van der Waals surface area contributed by atoms with Gasteiger partial charge in [-0.1, -0.05) is 53.7 Å². The van der Waals surface area contributed by atoms with Gasteiger partial charge in [-0.2, -0.15) is 0 Å². The Morgan fingerprint density at radius 2 is 1.71 bits per heavy atom. The SMILES string of the molecule is CC(C)C[C@H](N)C(=O)Nc1ccc(C(C)C)cc1C(C)C. The summed E-state index contributed by atoms with van der Waals surface area (Å²) in [5, 5.41) is 3.00. The van der Waals surface area contributed by atoms with E-state index in [0.29, 0.717) is 24.2 Å². The van der Waals surface area contributed by atoms with Crippen molar-refractivity contribution in [3.8, 4) is 0 Å². The Morgan fingerprint density at radius 3 is 2.19 bits per heavy atom. The lowest BCUT2D eigenvalue weighted by molar-refractivity contribution is -0.117. The summed E-state index contributed by atoms with van der Waals surface area (Å²) in [6.07, 6.45) is 0.701. The number of carbonyl (C=O) groups is 1. The molecule has 1 amide bonds. The molecule has 0 heterocycles. The molecule has 0 aliphatic heterocycles. The molecule has 0 aliphatic carbocycles. The number of anilines is 1. The monoisotopic (exact) mass is 290 g/mol. The number of rotatable bonds is 6. The van der Waals surface area contributed by atoms with Crippen LogP contribution in [-0.4, -0.2) is 11.9 Å². The summed E-state index contributed by atoms with van der Waals surface area (Å²) in [7, 11) is 0. The van der Waals surface area contributed by atoms with Crippen LogP contribution >= 0.6 is 0 Å². The van der Waals surface area contributed by atoms with Crippen molar-refractivity contribution in [2.45, 2.75) is 65.8 Å². The summed E-state index contributed by atoms with van der Waals surface area (Å²) in [6.45, 7) is 12.8. The number of hydrogen-bond acceptors (Lipinski definition) is 2. The Balaban J connectivity index is 2.94. The van der Waals surface area contributed by atoms with Gasteiger partial charge in [-0.25, -0.2) is 0 Å². The molecule has 0 aromatic heterocycles. The van der Waals surface area contributed by atoms with E-state index in [0.717, 1.165) is 5.69 Å². The van der Waals surface area contributed by atoms with Crippen LogP contribution in [0.25, 0.3) is 0 Å². The van der Waals surface area contributed by atoms with E-state index in [1.54, 1.807) is 0 Å². The molecule has 3 N–H and O–H groups in total. The Bertz CT molecular complexity index is 478. The third-order valence-corrected chi connectivity index (χ3v) is 3.68. The minimum absolute atomic E-state index is 0.0945. The highest BCUT2D eigenvalue weighted by atomic mass is 16.2. The largest absolute Gasteiger partial charge is 0.324 e. The predicted octanol–water partition coefficient (Wildman–Crippen LogP) is 4.25. The fraction of sp³-hybridized carbons (Fsp3) is 0.611. The Kier molecular flexibility index (Phi) is 6.41. The molecule has 118 valence electrons. The highest BCUT2D eigenvalue weighted by Gasteiger charge is 2.17. The zero-order valence-corrected chi connectivity index (χ0v) is 14.2. The van der Waals surface area contributed by atoms with Gasteiger partial charge in [-0.05, 0) is 41.4 Å². The molecular formula is C18H30N2O. The summed E-state index contributed by atoms with van der Waals surface area (Å²) >= 11 is 0. The lowest BCUT2D eigenvalue weighted by Crippen LogP contribution is -2.36. The molecule has 0 saturated carbocycles. The molecule has 0 aliphatic rings. The van der Waals surface area contributed by atoms with E-state index in [1.165, 1.54) is 11.1 Å². The maximum Gasteiger partial charge on any atom is 0.241 e. The van der Waals surface area contributed by atoms with Crippen molar-refractivity contribution in [1.82, 2.24) is 0 Å². The van der Waals surface area contributed by atoms with E-state index < -0.39 is 6.04 Å². The van der Waals surface area contributed by atoms with E-state index in [2.05, 4.69) is 59.0 Å². The second kappa shape index (κ2) is 7.60. The molecule has 0 radical (unpaired) electrons. The van der Waals surface area contributed by atoms with Gasteiger partial charge in [0.25, 0.3) is 0 Å². The van der Waals surface area contributed by atoms with Crippen LogP contribution in [0.15, 0.2) is 18.2 Å². The van der Waals surface area contributed by atoms with E-state index in [4.69, 9.17) is 5.73 Å². The van der Waals surface area contributed by atoms with Crippen molar-refractivity contribution in [1.29, 1.82) is 0 Å². The van der Waals surface area contributed by atoms with Crippen molar-refractivity contribution in [3.05, 3.63) is 29.3 Å². The molecule has 3 heteroatoms. The van der Waals surface area contributed by atoms with Crippen LogP contribution in [0.3, 0.4) is 0 Å². The first-order valence-corrected chi connectivity index (χ1v) is 7.92. The van der Waals surface area contributed by atoms with Crippen LogP contribution < -0.4 is 11.1 Å². The van der Waals surface area contributed by atoms with Crippen LogP contribution in [0, 0.1) is 5.92 Å². The number of hydrogen-bond donors (Lipinski definition) is 2. The van der Waals surface area contributed by atoms with Gasteiger partial charge in [0.15, 0.2) is 0 Å². The number of amides is 1. The lowest BCUT2D eigenvalue weighted by Gasteiger charge is -2.19. The van der Waals surface area contributed by atoms with Gasteiger partial charge in [-0.3, -0.25) is 4.79 Å². The second-order valence-corrected chi connectivity index (χ2v) is 6.88. The summed E-state index contributed by atoms with van der Waals surface area (Å²) < 4.78 is 0. The molecule has 1 aromatic carbocycles. The summed E-state index contributed by atoms with van der Waals surface area (Å²) in [5.41, 5.74) is 9.31. The molecule has 1 rings (SSSR count). The van der Waals surface area contributed by atoms with Crippen molar-refractivity contribution in [2.24, 2.45) is 11.7 Å². The van der Waals surface area contributed by atoms with Crippen LogP contribution in [-0.2, 0) is 4.79 Å². The van der Waals surface area contributed by atoms with Gasteiger partial charge in [0.2, 0.25) is 5.91 Å². The van der Waals surface area contributed by atoms with Crippen LogP contribution in [0.1, 0.15) is 70.9 Å². The third-order valence-electron chi connectivity index (χ3n) is 3.68. The normalized spacial score (nSPS) is 13.0. The first-order valence-electron chi connectivity index (χ1n) is 7.92. The van der Waals surface area contributed by atoms with Crippen LogP contribution in [0.5, 0.6) is 0 Å². The Labute approximate surface area is 129 Å². The van der Waals surface area contributed by atoms with E-state index in [1.807, 2.05) is 6.07 Å². The maximum atomic E-state index is 12.2. The fourth-order valence-corrected chi connectivity index (χ4v) is 2.37. The third kappa shape index (κ3) is 5.16. The molecule has 0 fully saturated rings.